The van der Waals surface area contributed by atoms with E-state index in [2.05, 4.69) is 42.4 Å². The van der Waals surface area contributed by atoms with Crippen LogP contribution in [0.2, 0.25) is 0 Å². The molecule has 1 N–H and O–H groups in total. The molecule has 0 aromatic heterocycles. The number of hydrogen-bond donors (Lipinski definition) is 1. The summed E-state index contributed by atoms with van der Waals surface area (Å²) in [6, 6.07) is 10.2. The van der Waals surface area contributed by atoms with Gasteiger partial charge in [0.1, 0.15) is 5.60 Å². The Labute approximate surface area is 146 Å². The standard InChI is InChI=1S/C20H30N2O2/c1-7-16(3)22(14-17-12-10-9-11-13-17)15-18(8-2)21-19(23)24-20(4,5)6/h7-13,16,18H,1-2,14-15H2,3-6H3,(H,21,23). The van der Waals surface area contributed by atoms with Crippen LogP contribution in [-0.2, 0) is 11.3 Å². The quantitative estimate of drug-likeness (QED) is 0.728. The maximum absolute atomic E-state index is 12.0. The summed E-state index contributed by atoms with van der Waals surface area (Å²) in [4.78, 5) is 14.2. The minimum Gasteiger partial charge on any atom is -0.444 e. The van der Waals surface area contributed by atoms with Gasteiger partial charge in [-0.1, -0.05) is 42.5 Å². The van der Waals surface area contributed by atoms with Gasteiger partial charge >= 0.3 is 6.09 Å². The monoisotopic (exact) mass is 330 g/mol. The van der Waals surface area contributed by atoms with Crippen molar-refractivity contribution in [3.05, 3.63) is 61.2 Å². The third kappa shape index (κ3) is 7.47. The fourth-order valence-electron chi connectivity index (χ4n) is 2.23. The van der Waals surface area contributed by atoms with E-state index in [0.29, 0.717) is 6.54 Å². The lowest BCUT2D eigenvalue weighted by molar-refractivity contribution is 0.0501. The van der Waals surface area contributed by atoms with Crippen LogP contribution in [0.1, 0.15) is 33.3 Å². The van der Waals surface area contributed by atoms with Crippen molar-refractivity contribution in [3.63, 3.8) is 0 Å². The van der Waals surface area contributed by atoms with E-state index in [0.717, 1.165) is 6.54 Å². The Morgan fingerprint density at radius 1 is 1.25 bits per heavy atom. The van der Waals surface area contributed by atoms with Gasteiger partial charge in [-0.15, -0.1) is 13.2 Å². The minimum absolute atomic E-state index is 0.174. The first-order valence-corrected chi connectivity index (χ1v) is 8.27. The summed E-state index contributed by atoms with van der Waals surface area (Å²) in [5.41, 5.74) is 0.694. The van der Waals surface area contributed by atoms with Gasteiger partial charge in [0, 0.05) is 19.1 Å². The second-order valence-electron chi connectivity index (χ2n) is 6.88. The largest absolute Gasteiger partial charge is 0.444 e. The molecule has 0 aliphatic carbocycles. The fourth-order valence-corrected chi connectivity index (χ4v) is 2.23. The molecule has 0 saturated heterocycles. The van der Waals surface area contributed by atoms with Crippen molar-refractivity contribution in [3.8, 4) is 0 Å². The van der Waals surface area contributed by atoms with Crippen molar-refractivity contribution in [2.75, 3.05) is 6.54 Å². The number of benzene rings is 1. The molecule has 132 valence electrons. The molecule has 0 aliphatic rings. The Morgan fingerprint density at radius 2 is 1.88 bits per heavy atom. The molecule has 4 heteroatoms. The highest BCUT2D eigenvalue weighted by atomic mass is 16.6. The zero-order chi connectivity index (χ0) is 18.2. The topological polar surface area (TPSA) is 41.6 Å². The van der Waals surface area contributed by atoms with Crippen LogP contribution in [0.4, 0.5) is 4.79 Å². The van der Waals surface area contributed by atoms with Crippen molar-refractivity contribution in [1.82, 2.24) is 10.2 Å². The molecule has 0 radical (unpaired) electrons. The molecule has 0 bridgehead atoms. The molecule has 1 aromatic carbocycles. The first kappa shape index (κ1) is 20.0. The molecule has 4 nitrogen and oxygen atoms in total. The summed E-state index contributed by atoms with van der Waals surface area (Å²) >= 11 is 0. The summed E-state index contributed by atoms with van der Waals surface area (Å²) in [7, 11) is 0. The zero-order valence-corrected chi connectivity index (χ0v) is 15.3. The van der Waals surface area contributed by atoms with Gasteiger partial charge in [-0.2, -0.15) is 0 Å². The van der Waals surface area contributed by atoms with Crippen molar-refractivity contribution < 1.29 is 9.53 Å². The molecule has 24 heavy (non-hydrogen) atoms. The predicted octanol–water partition coefficient (Wildman–Crippen LogP) is 4.14. The van der Waals surface area contributed by atoms with E-state index in [9.17, 15) is 4.79 Å². The van der Waals surface area contributed by atoms with E-state index in [4.69, 9.17) is 4.74 Å². The number of alkyl carbamates (subject to hydrolysis) is 1. The Hall–Kier alpha value is -2.07. The SMILES string of the molecule is C=CC(CN(Cc1ccccc1)C(C)C=C)NC(=O)OC(C)(C)C. The zero-order valence-electron chi connectivity index (χ0n) is 15.3. The van der Waals surface area contributed by atoms with Gasteiger partial charge in [-0.05, 0) is 33.3 Å². The Morgan fingerprint density at radius 3 is 2.38 bits per heavy atom. The molecule has 1 rings (SSSR count). The highest BCUT2D eigenvalue weighted by molar-refractivity contribution is 5.68. The average molecular weight is 330 g/mol. The van der Waals surface area contributed by atoms with Crippen LogP contribution in [0.25, 0.3) is 0 Å². The van der Waals surface area contributed by atoms with Gasteiger partial charge in [0.25, 0.3) is 0 Å². The minimum atomic E-state index is -0.520. The first-order valence-electron chi connectivity index (χ1n) is 8.27. The van der Waals surface area contributed by atoms with Gasteiger partial charge in [-0.25, -0.2) is 4.79 Å². The van der Waals surface area contributed by atoms with Gasteiger partial charge in [0.05, 0.1) is 6.04 Å². The van der Waals surface area contributed by atoms with Crippen LogP contribution in [-0.4, -0.2) is 35.2 Å². The third-order valence-corrected chi connectivity index (χ3v) is 3.56. The maximum Gasteiger partial charge on any atom is 0.408 e. The van der Waals surface area contributed by atoms with Gasteiger partial charge in [-0.3, -0.25) is 4.90 Å². The van der Waals surface area contributed by atoms with Crippen LogP contribution in [0.5, 0.6) is 0 Å². The highest BCUT2D eigenvalue weighted by Crippen LogP contribution is 2.11. The lowest BCUT2D eigenvalue weighted by atomic mass is 10.1. The maximum atomic E-state index is 12.0. The smallest absolute Gasteiger partial charge is 0.408 e. The molecular weight excluding hydrogens is 300 g/mol. The molecule has 0 heterocycles. The number of nitrogens with one attached hydrogen (secondary N) is 1. The molecule has 1 amide bonds. The van der Waals surface area contributed by atoms with Gasteiger partial charge in [0.2, 0.25) is 0 Å². The van der Waals surface area contributed by atoms with Crippen LogP contribution < -0.4 is 5.32 Å². The van der Waals surface area contributed by atoms with E-state index < -0.39 is 11.7 Å². The predicted molar refractivity (Wildman–Crippen MR) is 99.9 cm³/mol. The van der Waals surface area contributed by atoms with Crippen LogP contribution in [0.3, 0.4) is 0 Å². The molecule has 2 unspecified atom stereocenters. The third-order valence-electron chi connectivity index (χ3n) is 3.56. The summed E-state index contributed by atoms with van der Waals surface area (Å²) in [5, 5.41) is 2.86. The number of hydrogen-bond acceptors (Lipinski definition) is 3. The van der Waals surface area contributed by atoms with Crippen molar-refractivity contribution >= 4 is 6.09 Å². The number of amides is 1. The normalized spacial score (nSPS) is 13.9. The van der Waals surface area contributed by atoms with Crippen LogP contribution in [0.15, 0.2) is 55.6 Å². The second kappa shape index (κ2) is 9.28. The van der Waals surface area contributed by atoms with Gasteiger partial charge in [0.15, 0.2) is 0 Å². The van der Waals surface area contributed by atoms with Crippen LogP contribution in [0, 0.1) is 0 Å². The lowest BCUT2D eigenvalue weighted by Gasteiger charge is -2.31. The lowest BCUT2D eigenvalue weighted by Crippen LogP contribution is -2.46. The molecule has 0 saturated carbocycles. The number of carbonyl (C=O) groups excluding carboxylic acids is 1. The Balaban J connectivity index is 2.74. The molecule has 1 aromatic rings. The van der Waals surface area contributed by atoms with Crippen LogP contribution >= 0.6 is 0 Å². The van der Waals surface area contributed by atoms with E-state index in [1.54, 1.807) is 6.08 Å². The average Bonchev–Trinajstić information content (AvgIpc) is 2.51. The summed E-state index contributed by atoms with van der Waals surface area (Å²) < 4.78 is 5.32. The summed E-state index contributed by atoms with van der Waals surface area (Å²) in [5.74, 6) is 0. The fraction of sp³-hybridized carbons (Fsp3) is 0.450. The summed E-state index contributed by atoms with van der Waals surface area (Å²) in [6.45, 7) is 16.7. The van der Waals surface area contributed by atoms with Gasteiger partial charge < -0.3 is 10.1 Å². The molecular formula is C20H30N2O2. The summed E-state index contributed by atoms with van der Waals surface area (Å²) in [6.07, 6.45) is 3.20. The molecule has 0 aliphatic heterocycles. The van der Waals surface area contributed by atoms with E-state index in [1.807, 2.05) is 45.0 Å². The molecule has 2 atom stereocenters. The molecule has 0 spiro atoms. The number of rotatable bonds is 8. The Kier molecular flexibility index (Phi) is 7.72. The second-order valence-corrected chi connectivity index (χ2v) is 6.88. The highest BCUT2D eigenvalue weighted by Gasteiger charge is 2.21. The van der Waals surface area contributed by atoms with E-state index >= 15 is 0 Å². The van der Waals surface area contributed by atoms with Crippen molar-refractivity contribution in [2.45, 2.75) is 51.9 Å². The molecule has 0 fully saturated rings. The first-order chi connectivity index (χ1) is 11.2. The van der Waals surface area contributed by atoms with E-state index in [-0.39, 0.29) is 12.1 Å². The Bertz CT molecular complexity index is 534. The number of ether oxygens (including phenoxy) is 1. The number of nitrogens with zero attached hydrogens (tertiary/aromatic N) is 1. The van der Waals surface area contributed by atoms with E-state index in [1.165, 1.54) is 5.56 Å². The van der Waals surface area contributed by atoms with Crippen molar-refractivity contribution in [1.29, 1.82) is 0 Å². The van der Waals surface area contributed by atoms with Crippen molar-refractivity contribution in [2.24, 2.45) is 0 Å². The number of carbonyl (C=O) groups is 1.